The first kappa shape index (κ1) is 20.1. The van der Waals surface area contributed by atoms with Gasteiger partial charge in [-0.25, -0.2) is 4.98 Å². The Hall–Kier alpha value is -3.78. The normalized spacial score (nSPS) is 16.1. The summed E-state index contributed by atoms with van der Waals surface area (Å²) in [5.74, 6) is 0.809. The molecule has 1 aliphatic rings. The molecule has 0 radical (unpaired) electrons. The number of hydrogen-bond donors (Lipinski definition) is 2. The second-order valence-electron chi connectivity index (χ2n) is 8.14. The third kappa shape index (κ3) is 3.48. The quantitative estimate of drug-likeness (QED) is 0.508. The first-order chi connectivity index (χ1) is 15.5. The Morgan fingerprint density at radius 2 is 1.97 bits per heavy atom. The fourth-order valence-electron chi connectivity index (χ4n) is 4.22. The number of fused-ring (bicyclic) bond motifs is 2. The van der Waals surface area contributed by atoms with Crippen LogP contribution in [-0.4, -0.2) is 44.1 Å². The van der Waals surface area contributed by atoms with E-state index in [0.717, 1.165) is 35.6 Å². The van der Waals surface area contributed by atoms with Gasteiger partial charge in [-0.3, -0.25) is 9.69 Å². The van der Waals surface area contributed by atoms with Gasteiger partial charge in [0.1, 0.15) is 5.82 Å². The second kappa shape index (κ2) is 8.05. The van der Waals surface area contributed by atoms with Crippen LogP contribution in [0, 0.1) is 0 Å². The van der Waals surface area contributed by atoms with Crippen LogP contribution in [0.25, 0.3) is 16.9 Å². The van der Waals surface area contributed by atoms with E-state index in [2.05, 4.69) is 41.4 Å². The zero-order chi connectivity index (χ0) is 22.2. The van der Waals surface area contributed by atoms with E-state index in [9.17, 15) is 4.79 Å². The first-order valence-electron chi connectivity index (χ1n) is 10.7. The predicted octanol–water partition coefficient (Wildman–Crippen LogP) is 3.08. The lowest BCUT2D eigenvalue weighted by molar-refractivity contribution is 0.100. The molecule has 0 aliphatic carbocycles. The maximum atomic E-state index is 11.8. The lowest BCUT2D eigenvalue weighted by Gasteiger charge is -2.32. The number of hydrogen-bond acceptors (Lipinski definition) is 6. The SMILES string of the molecule is CC1c2nc(-n3ncc4c(C(N)=O)cccc43)nc(NCc3ccccc3)c2CCN1C. The van der Waals surface area contributed by atoms with Crippen LogP contribution in [0.4, 0.5) is 5.82 Å². The number of rotatable bonds is 5. The fourth-order valence-corrected chi connectivity index (χ4v) is 4.22. The van der Waals surface area contributed by atoms with Crippen molar-refractivity contribution in [3.8, 4) is 5.95 Å². The molecular weight excluding hydrogens is 402 g/mol. The molecule has 32 heavy (non-hydrogen) atoms. The molecule has 0 bridgehead atoms. The van der Waals surface area contributed by atoms with Gasteiger partial charge in [0.25, 0.3) is 5.95 Å². The van der Waals surface area contributed by atoms with Crippen LogP contribution < -0.4 is 11.1 Å². The third-order valence-electron chi connectivity index (χ3n) is 6.17. The average molecular weight is 428 g/mol. The number of anilines is 1. The molecular formula is C24H25N7O. The van der Waals surface area contributed by atoms with Crippen LogP contribution in [0.2, 0.25) is 0 Å². The van der Waals surface area contributed by atoms with Gasteiger partial charge in [-0.15, -0.1) is 0 Å². The van der Waals surface area contributed by atoms with Crippen molar-refractivity contribution in [2.24, 2.45) is 5.73 Å². The highest BCUT2D eigenvalue weighted by atomic mass is 16.1. The Morgan fingerprint density at radius 3 is 2.75 bits per heavy atom. The smallest absolute Gasteiger partial charge is 0.253 e. The summed E-state index contributed by atoms with van der Waals surface area (Å²) in [4.78, 5) is 23.9. The van der Waals surface area contributed by atoms with Gasteiger partial charge in [-0.1, -0.05) is 36.4 Å². The minimum Gasteiger partial charge on any atom is -0.366 e. The summed E-state index contributed by atoms with van der Waals surface area (Å²) in [6.45, 7) is 3.77. The number of carbonyl (C=O) groups is 1. The van der Waals surface area contributed by atoms with E-state index in [-0.39, 0.29) is 6.04 Å². The largest absolute Gasteiger partial charge is 0.366 e. The zero-order valence-corrected chi connectivity index (χ0v) is 18.1. The number of nitrogens with one attached hydrogen (secondary N) is 1. The third-order valence-corrected chi connectivity index (χ3v) is 6.17. The Bertz CT molecular complexity index is 1300. The van der Waals surface area contributed by atoms with Crippen molar-refractivity contribution >= 4 is 22.6 Å². The number of amides is 1. The molecule has 0 saturated carbocycles. The summed E-state index contributed by atoms with van der Waals surface area (Å²) < 4.78 is 1.68. The number of benzene rings is 2. The summed E-state index contributed by atoms with van der Waals surface area (Å²) in [6.07, 6.45) is 2.52. The molecule has 4 aromatic rings. The van der Waals surface area contributed by atoms with E-state index in [1.807, 2.05) is 24.3 Å². The Morgan fingerprint density at radius 1 is 1.16 bits per heavy atom. The van der Waals surface area contributed by atoms with Gasteiger partial charge in [0.15, 0.2) is 0 Å². The molecule has 1 amide bonds. The molecule has 8 nitrogen and oxygen atoms in total. The van der Waals surface area contributed by atoms with E-state index in [0.29, 0.717) is 23.4 Å². The van der Waals surface area contributed by atoms with Gasteiger partial charge in [-0.05, 0) is 38.1 Å². The summed E-state index contributed by atoms with van der Waals surface area (Å²) in [5, 5.41) is 8.71. The molecule has 1 aliphatic heterocycles. The van der Waals surface area contributed by atoms with Crippen LogP contribution >= 0.6 is 0 Å². The van der Waals surface area contributed by atoms with Crippen LogP contribution in [0.15, 0.2) is 54.7 Å². The van der Waals surface area contributed by atoms with Crippen molar-refractivity contribution in [1.29, 1.82) is 0 Å². The van der Waals surface area contributed by atoms with E-state index < -0.39 is 5.91 Å². The highest BCUT2D eigenvalue weighted by Crippen LogP contribution is 2.32. The van der Waals surface area contributed by atoms with Gasteiger partial charge >= 0.3 is 0 Å². The average Bonchev–Trinajstić information content (AvgIpc) is 3.25. The number of aromatic nitrogens is 4. The van der Waals surface area contributed by atoms with Crippen molar-refractivity contribution in [2.75, 3.05) is 18.9 Å². The van der Waals surface area contributed by atoms with Gasteiger partial charge in [0, 0.05) is 30.1 Å². The number of carbonyl (C=O) groups excluding carboxylic acids is 1. The number of primary amides is 1. The molecule has 3 heterocycles. The van der Waals surface area contributed by atoms with Gasteiger partial charge in [0.2, 0.25) is 5.91 Å². The number of nitrogens with zero attached hydrogens (tertiary/aromatic N) is 5. The van der Waals surface area contributed by atoms with Crippen LogP contribution in [0.5, 0.6) is 0 Å². The highest BCUT2D eigenvalue weighted by Gasteiger charge is 2.27. The summed E-state index contributed by atoms with van der Waals surface area (Å²) in [6, 6.07) is 15.8. The molecule has 5 rings (SSSR count). The van der Waals surface area contributed by atoms with E-state index >= 15 is 0 Å². The topological polar surface area (TPSA) is 102 Å². The summed E-state index contributed by atoms with van der Waals surface area (Å²) in [5.41, 5.74) is 10.0. The lowest BCUT2D eigenvalue weighted by atomic mass is 9.99. The minimum absolute atomic E-state index is 0.154. The maximum Gasteiger partial charge on any atom is 0.253 e. The van der Waals surface area contributed by atoms with Crippen LogP contribution in [0.1, 0.15) is 40.1 Å². The Balaban J connectivity index is 1.62. The molecule has 2 aromatic heterocycles. The molecule has 1 atom stereocenters. The number of likely N-dealkylation sites (N-methyl/N-ethyl adjacent to an activating group) is 1. The molecule has 0 spiro atoms. The van der Waals surface area contributed by atoms with Crippen molar-refractivity contribution in [3.63, 3.8) is 0 Å². The minimum atomic E-state index is -0.484. The maximum absolute atomic E-state index is 11.8. The van der Waals surface area contributed by atoms with Gasteiger partial charge < -0.3 is 11.1 Å². The Kier molecular flexibility index (Phi) is 5.07. The van der Waals surface area contributed by atoms with Crippen LogP contribution in [-0.2, 0) is 13.0 Å². The monoisotopic (exact) mass is 427 g/mol. The highest BCUT2D eigenvalue weighted by molar-refractivity contribution is 6.05. The standard InChI is InChI=1S/C24H25N7O/c1-15-21-18(11-12-30(15)2)23(26-13-16-7-4-3-5-8-16)29-24(28-21)31-20-10-6-9-17(22(25)32)19(20)14-27-31/h3-10,14-15H,11-13H2,1-2H3,(H2,25,32)(H,26,28,29). The van der Waals surface area contributed by atoms with Crippen LogP contribution in [0.3, 0.4) is 0 Å². The molecule has 0 fully saturated rings. The molecule has 8 heteroatoms. The fraction of sp³-hybridized carbons (Fsp3) is 0.250. The molecule has 0 saturated heterocycles. The first-order valence-corrected chi connectivity index (χ1v) is 10.7. The van der Waals surface area contributed by atoms with E-state index in [1.54, 1.807) is 23.0 Å². The lowest BCUT2D eigenvalue weighted by Crippen LogP contribution is -2.32. The number of nitrogens with two attached hydrogens (primary N) is 1. The van der Waals surface area contributed by atoms with Crippen molar-refractivity contribution in [2.45, 2.75) is 25.9 Å². The zero-order valence-electron chi connectivity index (χ0n) is 18.1. The van der Waals surface area contributed by atoms with E-state index in [4.69, 9.17) is 15.7 Å². The summed E-state index contributed by atoms with van der Waals surface area (Å²) in [7, 11) is 2.11. The molecule has 3 N–H and O–H groups in total. The van der Waals surface area contributed by atoms with E-state index in [1.165, 1.54) is 5.56 Å². The Labute approximate surface area is 186 Å². The second-order valence-corrected chi connectivity index (χ2v) is 8.14. The van der Waals surface area contributed by atoms with Crippen molar-refractivity contribution in [1.82, 2.24) is 24.6 Å². The van der Waals surface area contributed by atoms with Crippen molar-refractivity contribution < 1.29 is 4.79 Å². The predicted molar refractivity (Wildman–Crippen MR) is 124 cm³/mol. The van der Waals surface area contributed by atoms with Gasteiger partial charge in [0.05, 0.1) is 23.0 Å². The molecule has 2 aromatic carbocycles. The molecule has 1 unspecified atom stereocenters. The van der Waals surface area contributed by atoms with Crippen molar-refractivity contribution in [3.05, 3.63) is 77.1 Å². The molecule has 162 valence electrons. The van der Waals surface area contributed by atoms with Gasteiger partial charge in [-0.2, -0.15) is 14.8 Å². The summed E-state index contributed by atoms with van der Waals surface area (Å²) >= 11 is 0.